The van der Waals surface area contributed by atoms with Gasteiger partial charge in [0.05, 0.1) is 12.2 Å². The van der Waals surface area contributed by atoms with E-state index in [-0.39, 0.29) is 28.9 Å². The van der Waals surface area contributed by atoms with Crippen molar-refractivity contribution in [3.63, 3.8) is 0 Å². The normalized spacial score (nSPS) is 44.6. The molecule has 190 valence electrons. The van der Waals surface area contributed by atoms with E-state index in [4.69, 9.17) is 0 Å². The molecule has 34 heavy (non-hydrogen) atoms. The molecule has 1 heterocycles. The van der Waals surface area contributed by atoms with Gasteiger partial charge >= 0.3 is 0 Å². The highest BCUT2D eigenvalue weighted by atomic mass is 32.1. The molecule has 0 aromatic carbocycles. The lowest BCUT2D eigenvalue weighted by molar-refractivity contribution is -0.174. The van der Waals surface area contributed by atoms with E-state index in [1.165, 1.54) is 37.0 Å². The summed E-state index contributed by atoms with van der Waals surface area (Å²) in [5, 5.41) is 34.0. The average molecular weight is 490 g/mol. The molecule has 7 heteroatoms. The van der Waals surface area contributed by atoms with Gasteiger partial charge in [0.15, 0.2) is 0 Å². The van der Waals surface area contributed by atoms with Crippen molar-refractivity contribution in [3.05, 3.63) is 5.01 Å². The summed E-state index contributed by atoms with van der Waals surface area (Å²) < 4.78 is 0. The van der Waals surface area contributed by atoms with Crippen LogP contribution in [-0.2, 0) is 4.79 Å². The molecule has 1 amide bonds. The van der Waals surface area contributed by atoms with Crippen molar-refractivity contribution in [2.75, 3.05) is 5.32 Å². The summed E-state index contributed by atoms with van der Waals surface area (Å²) >= 11 is 1.42. The molecule has 4 saturated carbocycles. The van der Waals surface area contributed by atoms with Crippen LogP contribution in [0, 0.1) is 53.3 Å². The number of hydrogen-bond acceptors (Lipinski definition) is 6. The molecular weight excluding hydrogens is 446 g/mol. The quantitative estimate of drug-likeness (QED) is 0.529. The molecule has 6 nitrogen and oxygen atoms in total. The molecule has 0 radical (unpaired) electrons. The van der Waals surface area contributed by atoms with Crippen LogP contribution in [0.1, 0.15) is 90.0 Å². The van der Waals surface area contributed by atoms with Gasteiger partial charge in [-0.3, -0.25) is 4.79 Å². The first-order valence-electron chi connectivity index (χ1n) is 13.6. The molecule has 0 bridgehead atoms. The highest BCUT2D eigenvalue weighted by Gasteiger charge is 2.62. The first-order chi connectivity index (χ1) is 16.1. The van der Waals surface area contributed by atoms with Crippen molar-refractivity contribution >= 4 is 22.4 Å². The molecule has 0 spiro atoms. The summed E-state index contributed by atoms with van der Waals surface area (Å²) in [6, 6.07) is 0. The second-order valence-electron chi connectivity index (χ2n) is 12.6. The maximum atomic E-state index is 12.5. The van der Waals surface area contributed by atoms with Crippen LogP contribution >= 0.6 is 11.3 Å². The number of rotatable bonds is 5. The van der Waals surface area contributed by atoms with Gasteiger partial charge in [0.25, 0.3) is 0 Å². The average Bonchev–Trinajstić information content (AvgIpc) is 3.35. The maximum absolute atomic E-state index is 12.5. The van der Waals surface area contributed by atoms with Crippen LogP contribution in [0.2, 0.25) is 0 Å². The lowest BCUT2D eigenvalue weighted by atomic mass is 9.43. The van der Waals surface area contributed by atoms with E-state index in [1.807, 2.05) is 6.92 Å². The van der Waals surface area contributed by atoms with E-state index in [2.05, 4.69) is 36.3 Å². The van der Waals surface area contributed by atoms with Crippen LogP contribution < -0.4 is 5.32 Å². The van der Waals surface area contributed by atoms with E-state index in [0.717, 1.165) is 37.1 Å². The van der Waals surface area contributed by atoms with E-state index >= 15 is 0 Å². The first kappa shape index (κ1) is 24.6. The molecule has 1 aromatic heterocycles. The number of aryl methyl sites for hydroxylation is 1. The van der Waals surface area contributed by atoms with E-state index in [9.17, 15) is 15.0 Å². The number of aliphatic hydroxyl groups is 2. The highest BCUT2D eigenvalue weighted by molar-refractivity contribution is 7.15. The van der Waals surface area contributed by atoms with Gasteiger partial charge in [-0.15, -0.1) is 10.2 Å². The Bertz CT molecular complexity index is 907. The van der Waals surface area contributed by atoms with Gasteiger partial charge < -0.3 is 15.5 Å². The minimum absolute atomic E-state index is 0.0348. The van der Waals surface area contributed by atoms with Gasteiger partial charge in [-0.25, -0.2) is 0 Å². The molecule has 3 N–H and O–H groups in total. The Balaban J connectivity index is 1.25. The molecule has 4 aliphatic rings. The predicted octanol–water partition coefficient (Wildman–Crippen LogP) is 5.19. The molecule has 10 unspecified atom stereocenters. The molecular formula is C27H43N3O3S. The SMILES string of the molecule is Cc1nnc(NC(=O)CCC(C)C2CCC3C4C(O)CC5CC(O)CCC5(C)C4CCC23C)s1. The van der Waals surface area contributed by atoms with Gasteiger partial charge in [0.1, 0.15) is 5.01 Å². The summed E-state index contributed by atoms with van der Waals surface area (Å²) in [6.07, 6.45) is 9.65. The molecule has 5 rings (SSSR count). The van der Waals surface area contributed by atoms with Crippen molar-refractivity contribution in [2.45, 2.75) is 104 Å². The van der Waals surface area contributed by atoms with E-state index in [0.29, 0.717) is 47.1 Å². The summed E-state index contributed by atoms with van der Waals surface area (Å²) in [4.78, 5) is 12.5. The third kappa shape index (κ3) is 4.13. The number of amides is 1. The number of aliphatic hydroxyl groups excluding tert-OH is 2. The van der Waals surface area contributed by atoms with Crippen molar-refractivity contribution in [3.8, 4) is 0 Å². The second-order valence-corrected chi connectivity index (χ2v) is 13.8. The standard InChI is InChI=1S/C27H43N3O3S/c1-15(5-8-23(33)28-25-30-29-16(2)34-25)19-6-7-20-24-21(10-12-27(19,20)4)26(3)11-9-18(31)13-17(26)14-22(24)32/h15,17-22,24,31-32H,5-14H2,1-4H3,(H,28,30,33). The Morgan fingerprint density at radius 2 is 1.82 bits per heavy atom. The minimum Gasteiger partial charge on any atom is -0.393 e. The Hall–Kier alpha value is -1.05. The number of nitrogens with one attached hydrogen (secondary N) is 1. The monoisotopic (exact) mass is 489 g/mol. The van der Waals surface area contributed by atoms with Gasteiger partial charge in [0.2, 0.25) is 11.0 Å². The van der Waals surface area contributed by atoms with Crippen molar-refractivity contribution in [1.29, 1.82) is 0 Å². The van der Waals surface area contributed by atoms with Crippen molar-refractivity contribution < 1.29 is 15.0 Å². The Morgan fingerprint density at radius 3 is 2.56 bits per heavy atom. The highest BCUT2D eigenvalue weighted by Crippen LogP contribution is 2.68. The zero-order valence-electron chi connectivity index (χ0n) is 21.3. The number of anilines is 1. The Kier molecular flexibility index (Phi) is 6.60. The minimum atomic E-state index is -0.229. The fourth-order valence-corrected chi connectivity index (χ4v) is 9.87. The van der Waals surface area contributed by atoms with Gasteiger partial charge in [-0.05, 0) is 111 Å². The van der Waals surface area contributed by atoms with Gasteiger partial charge in [0, 0.05) is 6.42 Å². The summed E-state index contributed by atoms with van der Waals surface area (Å²) in [6.45, 7) is 9.20. The summed E-state index contributed by atoms with van der Waals surface area (Å²) in [5.41, 5.74) is 0.529. The Labute approximate surface area is 208 Å². The molecule has 0 aliphatic heterocycles. The lowest BCUT2D eigenvalue weighted by Crippen LogP contribution is -2.58. The number of hydrogen-bond donors (Lipinski definition) is 3. The smallest absolute Gasteiger partial charge is 0.226 e. The third-order valence-corrected chi connectivity index (χ3v) is 11.8. The number of carbonyl (C=O) groups excluding carboxylic acids is 1. The topological polar surface area (TPSA) is 95.3 Å². The van der Waals surface area contributed by atoms with E-state index in [1.54, 1.807) is 0 Å². The van der Waals surface area contributed by atoms with Crippen LogP contribution in [0.15, 0.2) is 0 Å². The molecule has 4 aliphatic carbocycles. The Morgan fingerprint density at radius 1 is 1.09 bits per heavy atom. The second kappa shape index (κ2) is 9.11. The van der Waals surface area contributed by atoms with Crippen molar-refractivity contribution in [1.82, 2.24) is 10.2 Å². The maximum Gasteiger partial charge on any atom is 0.226 e. The lowest BCUT2D eigenvalue weighted by Gasteiger charge is -2.62. The zero-order valence-corrected chi connectivity index (χ0v) is 22.1. The predicted molar refractivity (Wildman–Crippen MR) is 134 cm³/mol. The van der Waals surface area contributed by atoms with Crippen LogP contribution in [0.25, 0.3) is 0 Å². The van der Waals surface area contributed by atoms with Crippen LogP contribution in [0.4, 0.5) is 5.13 Å². The first-order valence-corrected chi connectivity index (χ1v) is 14.4. The largest absolute Gasteiger partial charge is 0.393 e. The molecule has 1 aromatic rings. The fourth-order valence-electron chi connectivity index (χ4n) is 9.26. The molecule has 0 saturated heterocycles. The van der Waals surface area contributed by atoms with Crippen molar-refractivity contribution in [2.24, 2.45) is 46.3 Å². The van der Waals surface area contributed by atoms with Gasteiger partial charge in [-0.1, -0.05) is 32.1 Å². The molecule has 10 atom stereocenters. The fraction of sp³-hybridized carbons (Fsp3) is 0.889. The van der Waals surface area contributed by atoms with E-state index < -0.39 is 0 Å². The van der Waals surface area contributed by atoms with Gasteiger partial charge in [-0.2, -0.15) is 0 Å². The number of nitrogens with zero attached hydrogens (tertiary/aromatic N) is 2. The number of aromatic nitrogens is 2. The number of carbonyl (C=O) groups is 1. The van der Waals surface area contributed by atoms with Crippen LogP contribution in [0.3, 0.4) is 0 Å². The molecule has 4 fully saturated rings. The third-order valence-electron chi connectivity index (χ3n) is 11.0. The van der Waals surface area contributed by atoms with Crippen LogP contribution in [0.5, 0.6) is 0 Å². The van der Waals surface area contributed by atoms with Crippen LogP contribution in [-0.4, -0.2) is 38.5 Å². The zero-order chi connectivity index (χ0) is 24.3. The number of fused-ring (bicyclic) bond motifs is 5. The summed E-state index contributed by atoms with van der Waals surface area (Å²) in [7, 11) is 0. The summed E-state index contributed by atoms with van der Waals surface area (Å²) in [5.74, 6) is 3.16.